The zero-order chi connectivity index (χ0) is 17.8. The summed E-state index contributed by atoms with van der Waals surface area (Å²) >= 11 is 0. The van der Waals surface area contributed by atoms with Crippen molar-refractivity contribution in [1.82, 2.24) is 5.32 Å². The van der Waals surface area contributed by atoms with E-state index in [0.717, 1.165) is 30.4 Å². The summed E-state index contributed by atoms with van der Waals surface area (Å²) in [4.78, 5) is 4.58. The van der Waals surface area contributed by atoms with Crippen LogP contribution in [-0.2, 0) is 9.47 Å². The molecule has 0 aromatic heterocycles. The number of hydrogen-bond acceptors (Lipinski definition) is 4. The van der Waals surface area contributed by atoms with Gasteiger partial charge >= 0.3 is 0 Å². The highest BCUT2D eigenvalue weighted by Gasteiger charge is 2.15. The maximum absolute atomic E-state index is 5.72. The number of benzene rings is 1. The van der Waals surface area contributed by atoms with E-state index in [0.29, 0.717) is 19.8 Å². The van der Waals surface area contributed by atoms with Gasteiger partial charge in [0.2, 0.25) is 0 Å². The Bertz CT molecular complexity index is 504. The Labute approximate surface area is 145 Å². The summed E-state index contributed by atoms with van der Waals surface area (Å²) in [5.41, 5.74) is 0.628. The number of anilines is 1. The third-order valence-corrected chi connectivity index (χ3v) is 3.37. The number of nitrogens with one attached hydrogen (secondary N) is 2. The number of hydrogen-bond donors (Lipinski definition) is 2. The maximum Gasteiger partial charge on any atom is 0.195 e. The predicted molar refractivity (Wildman–Crippen MR) is 99.1 cm³/mol. The predicted octanol–water partition coefficient (Wildman–Crippen LogP) is 2.90. The van der Waals surface area contributed by atoms with Crippen LogP contribution in [-0.4, -0.2) is 52.1 Å². The molecule has 0 aliphatic rings. The third-order valence-electron chi connectivity index (χ3n) is 3.37. The monoisotopic (exact) mass is 337 g/mol. The standard InChI is InChI=1S/C18H31N3O3/c1-6-19-17(20-14-18(2,3)23-5)21-15-9-7-10-16(13-15)24-12-8-11-22-4/h7,9-10,13H,6,8,11-12,14H2,1-5H3,(H2,19,20,21). The molecule has 0 spiro atoms. The Morgan fingerprint density at radius 1 is 1.21 bits per heavy atom. The van der Waals surface area contributed by atoms with Gasteiger partial charge in [-0.3, -0.25) is 4.99 Å². The van der Waals surface area contributed by atoms with E-state index in [1.807, 2.05) is 45.0 Å². The molecule has 0 unspecified atom stereocenters. The summed E-state index contributed by atoms with van der Waals surface area (Å²) in [6.07, 6.45) is 0.865. The first-order valence-corrected chi connectivity index (χ1v) is 8.33. The molecular formula is C18H31N3O3. The minimum Gasteiger partial charge on any atom is -0.493 e. The molecular weight excluding hydrogens is 306 g/mol. The molecule has 24 heavy (non-hydrogen) atoms. The van der Waals surface area contributed by atoms with Gasteiger partial charge in [0.15, 0.2) is 5.96 Å². The van der Waals surface area contributed by atoms with E-state index in [1.54, 1.807) is 14.2 Å². The van der Waals surface area contributed by atoms with Crippen molar-refractivity contribution in [3.63, 3.8) is 0 Å². The molecule has 0 fully saturated rings. The van der Waals surface area contributed by atoms with Gasteiger partial charge in [0, 0.05) is 45.5 Å². The second kappa shape index (κ2) is 10.9. The lowest BCUT2D eigenvalue weighted by molar-refractivity contribution is 0.0311. The van der Waals surface area contributed by atoms with Gasteiger partial charge in [-0.25, -0.2) is 0 Å². The van der Waals surface area contributed by atoms with E-state index in [-0.39, 0.29) is 5.60 Å². The van der Waals surface area contributed by atoms with Gasteiger partial charge in [-0.1, -0.05) is 6.07 Å². The topological polar surface area (TPSA) is 64.1 Å². The number of ether oxygens (including phenoxy) is 3. The maximum atomic E-state index is 5.72. The average Bonchev–Trinajstić information content (AvgIpc) is 2.57. The Morgan fingerprint density at radius 2 is 2.00 bits per heavy atom. The van der Waals surface area contributed by atoms with Crippen LogP contribution in [0, 0.1) is 0 Å². The van der Waals surface area contributed by atoms with Crippen LogP contribution in [0.4, 0.5) is 5.69 Å². The molecule has 1 aromatic carbocycles. The van der Waals surface area contributed by atoms with Crippen LogP contribution in [0.15, 0.2) is 29.3 Å². The molecule has 6 nitrogen and oxygen atoms in total. The van der Waals surface area contributed by atoms with Crippen LogP contribution >= 0.6 is 0 Å². The molecule has 2 N–H and O–H groups in total. The van der Waals surface area contributed by atoms with Gasteiger partial charge in [-0.15, -0.1) is 0 Å². The molecule has 0 amide bonds. The van der Waals surface area contributed by atoms with E-state index >= 15 is 0 Å². The van der Waals surface area contributed by atoms with Crippen molar-refractivity contribution in [3.8, 4) is 5.75 Å². The number of rotatable bonds is 10. The summed E-state index contributed by atoms with van der Waals surface area (Å²) in [7, 11) is 3.39. The molecule has 1 rings (SSSR count). The highest BCUT2D eigenvalue weighted by molar-refractivity contribution is 5.93. The first kappa shape index (κ1) is 20.3. The van der Waals surface area contributed by atoms with Gasteiger partial charge in [-0.2, -0.15) is 0 Å². The highest BCUT2D eigenvalue weighted by Crippen LogP contribution is 2.17. The number of nitrogens with zero attached hydrogens (tertiary/aromatic N) is 1. The van der Waals surface area contributed by atoms with Crippen molar-refractivity contribution in [3.05, 3.63) is 24.3 Å². The molecule has 0 aliphatic heterocycles. The van der Waals surface area contributed by atoms with Gasteiger partial charge < -0.3 is 24.8 Å². The first-order chi connectivity index (χ1) is 11.5. The molecule has 6 heteroatoms. The molecule has 0 bridgehead atoms. The van der Waals surface area contributed by atoms with Gasteiger partial charge in [0.25, 0.3) is 0 Å². The number of guanidine groups is 1. The van der Waals surface area contributed by atoms with Crippen molar-refractivity contribution in [1.29, 1.82) is 0 Å². The number of methoxy groups -OCH3 is 2. The number of aliphatic imine (C=N–C) groups is 1. The second-order valence-electron chi connectivity index (χ2n) is 6.01. The molecule has 1 aromatic rings. The van der Waals surface area contributed by atoms with E-state index in [9.17, 15) is 0 Å². The Kier molecular flexibility index (Phi) is 9.19. The Morgan fingerprint density at radius 3 is 2.67 bits per heavy atom. The summed E-state index contributed by atoms with van der Waals surface area (Å²) in [6, 6.07) is 7.84. The van der Waals surface area contributed by atoms with Crippen molar-refractivity contribution < 1.29 is 14.2 Å². The summed E-state index contributed by atoms with van der Waals surface area (Å²) < 4.78 is 16.1. The third kappa shape index (κ3) is 8.17. The lowest BCUT2D eigenvalue weighted by atomic mass is 10.1. The largest absolute Gasteiger partial charge is 0.493 e. The molecule has 0 aliphatic carbocycles. The van der Waals surface area contributed by atoms with E-state index in [2.05, 4.69) is 15.6 Å². The summed E-state index contributed by atoms with van der Waals surface area (Å²) in [5, 5.41) is 6.53. The lowest BCUT2D eigenvalue weighted by Crippen LogP contribution is -2.34. The molecule has 0 saturated carbocycles. The molecule has 0 atom stereocenters. The Balaban J connectivity index is 2.67. The van der Waals surface area contributed by atoms with E-state index in [4.69, 9.17) is 14.2 Å². The van der Waals surface area contributed by atoms with Crippen molar-refractivity contribution in [2.45, 2.75) is 32.8 Å². The van der Waals surface area contributed by atoms with Crippen LogP contribution < -0.4 is 15.4 Å². The van der Waals surface area contributed by atoms with Gasteiger partial charge in [0.05, 0.1) is 18.8 Å². The highest BCUT2D eigenvalue weighted by atomic mass is 16.5. The quantitative estimate of drug-likeness (QED) is 0.390. The summed E-state index contributed by atoms with van der Waals surface area (Å²) in [6.45, 7) is 8.73. The van der Waals surface area contributed by atoms with Crippen LogP contribution in [0.1, 0.15) is 27.2 Å². The zero-order valence-corrected chi connectivity index (χ0v) is 15.5. The van der Waals surface area contributed by atoms with Gasteiger partial charge in [0.1, 0.15) is 5.75 Å². The van der Waals surface area contributed by atoms with Crippen LogP contribution in [0.2, 0.25) is 0 Å². The molecule has 0 saturated heterocycles. The van der Waals surface area contributed by atoms with Crippen LogP contribution in [0.5, 0.6) is 5.75 Å². The van der Waals surface area contributed by atoms with Crippen LogP contribution in [0.3, 0.4) is 0 Å². The molecule has 0 radical (unpaired) electrons. The van der Waals surface area contributed by atoms with E-state index < -0.39 is 0 Å². The minimum atomic E-state index is -0.297. The smallest absolute Gasteiger partial charge is 0.195 e. The van der Waals surface area contributed by atoms with E-state index in [1.165, 1.54) is 0 Å². The normalized spacial score (nSPS) is 12.1. The zero-order valence-electron chi connectivity index (χ0n) is 15.5. The molecule has 0 heterocycles. The second-order valence-corrected chi connectivity index (χ2v) is 6.01. The fourth-order valence-corrected chi connectivity index (χ4v) is 1.83. The molecule has 136 valence electrons. The summed E-state index contributed by atoms with van der Waals surface area (Å²) in [5.74, 6) is 1.54. The fourth-order valence-electron chi connectivity index (χ4n) is 1.83. The SMILES string of the molecule is CCNC(=NCC(C)(C)OC)Nc1cccc(OCCCOC)c1. The van der Waals surface area contributed by atoms with Crippen molar-refractivity contribution >= 4 is 11.6 Å². The van der Waals surface area contributed by atoms with Crippen molar-refractivity contribution in [2.24, 2.45) is 4.99 Å². The van der Waals surface area contributed by atoms with Crippen LogP contribution in [0.25, 0.3) is 0 Å². The van der Waals surface area contributed by atoms with Gasteiger partial charge in [-0.05, 0) is 32.9 Å². The first-order valence-electron chi connectivity index (χ1n) is 8.33. The lowest BCUT2D eigenvalue weighted by Gasteiger charge is -2.21. The Hall–Kier alpha value is -1.79. The average molecular weight is 337 g/mol. The minimum absolute atomic E-state index is 0.297. The fraction of sp³-hybridized carbons (Fsp3) is 0.611. The van der Waals surface area contributed by atoms with Crippen molar-refractivity contribution in [2.75, 3.05) is 45.8 Å².